The van der Waals surface area contributed by atoms with Gasteiger partial charge >= 0.3 is 5.97 Å². The zero-order valence-corrected chi connectivity index (χ0v) is 10.7. The van der Waals surface area contributed by atoms with Gasteiger partial charge in [0.05, 0.1) is 11.7 Å². The zero-order valence-electron chi connectivity index (χ0n) is 9.86. The van der Waals surface area contributed by atoms with Crippen molar-refractivity contribution in [2.75, 3.05) is 12.9 Å². The lowest BCUT2D eigenvalue weighted by Crippen LogP contribution is -2.35. The van der Waals surface area contributed by atoms with Gasteiger partial charge in [0.15, 0.2) is 6.61 Å². The first-order valence-corrected chi connectivity index (χ1v) is 6.65. The lowest BCUT2D eigenvalue weighted by Gasteiger charge is -2.19. The third kappa shape index (κ3) is 5.69. The third-order valence-corrected chi connectivity index (χ3v) is 2.67. The van der Waals surface area contributed by atoms with Crippen molar-refractivity contribution < 1.29 is 22.7 Å². The highest BCUT2D eigenvalue weighted by Crippen LogP contribution is 2.21. The summed E-state index contributed by atoms with van der Waals surface area (Å²) in [6, 6.07) is 0. The first-order valence-electron chi connectivity index (χ1n) is 4.76. The summed E-state index contributed by atoms with van der Waals surface area (Å²) < 4.78 is 27.7. The van der Waals surface area contributed by atoms with Gasteiger partial charge in [-0.2, -0.15) is 0 Å². The van der Waals surface area contributed by atoms with E-state index in [1.165, 1.54) is 0 Å². The molecule has 0 aromatic carbocycles. The molecule has 0 bridgehead atoms. The van der Waals surface area contributed by atoms with Crippen LogP contribution >= 0.6 is 0 Å². The van der Waals surface area contributed by atoms with E-state index in [1.807, 2.05) is 6.92 Å². The normalized spacial score (nSPS) is 12.0. The van der Waals surface area contributed by atoms with Crippen LogP contribution in [0.25, 0.3) is 0 Å². The average Bonchev–Trinajstić information content (AvgIpc) is 2.11. The van der Waals surface area contributed by atoms with Gasteiger partial charge in [0.2, 0.25) is 10.0 Å². The maximum atomic E-state index is 11.4. The molecule has 0 radical (unpaired) electrons. The Kier molecular flexibility index (Phi) is 4.92. The molecule has 7 heteroatoms. The Morgan fingerprint density at radius 1 is 1.31 bits per heavy atom. The van der Waals surface area contributed by atoms with E-state index in [9.17, 15) is 18.0 Å². The molecule has 0 fully saturated rings. The highest BCUT2D eigenvalue weighted by atomic mass is 32.2. The number of rotatable bonds is 5. The summed E-state index contributed by atoms with van der Waals surface area (Å²) in [4.78, 5) is 22.4. The molecule has 0 aliphatic rings. The van der Waals surface area contributed by atoms with Crippen molar-refractivity contribution >= 4 is 21.9 Å². The van der Waals surface area contributed by atoms with Crippen LogP contribution in [0, 0.1) is 5.41 Å². The van der Waals surface area contributed by atoms with Crippen LogP contribution in [0.1, 0.15) is 27.2 Å². The molecule has 1 amide bonds. The van der Waals surface area contributed by atoms with E-state index in [4.69, 9.17) is 0 Å². The van der Waals surface area contributed by atoms with Crippen molar-refractivity contribution in [2.24, 2.45) is 5.41 Å². The first kappa shape index (κ1) is 14.9. The monoisotopic (exact) mass is 251 g/mol. The van der Waals surface area contributed by atoms with Crippen LogP contribution in [-0.4, -0.2) is 33.2 Å². The van der Waals surface area contributed by atoms with Gasteiger partial charge in [-0.15, -0.1) is 0 Å². The van der Waals surface area contributed by atoms with E-state index in [-0.39, 0.29) is 0 Å². The topological polar surface area (TPSA) is 89.5 Å². The standard InChI is InChI=1S/C9H17NO5S/c1-5-9(2,3)8(12)15-6-7(11)10-16(4,13)14/h5-6H2,1-4H3,(H,10,11). The molecule has 0 rings (SSSR count). The second-order valence-corrected chi connectivity index (χ2v) is 5.86. The van der Waals surface area contributed by atoms with Crippen molar-refractivity contribution in [2.45, 2.75) is 27.2 Å². The number of carbonyl (C=O) groups is 2. The van der Waals surface area contributed by atoms with Gasteiger partial charge in [-0.1, -0.05) is 6.92 Å². The largest absolute Gasteiger partial charge is 0.455 e. The molecule has 6 nitrogen and oxygen atoms in total. The van der Waals surface area contributed by atoms with E-state index < -0.39 is 33.9 Å². The van der Waals surface area contributed by atoms with E-state index in [0.717, 1.165) is 6.26 Å². The lowest BCUT2D eigenvalue weighted by atomic mass is 9.91. The zero-order chi connectivity index (χ0) is 13.0. The second-order valence-electron chi connectivity index (χ2n) is 4.11. The van der Waals surface area contributed by atoms with Crippen LogP contribution in [0.3, 0.4) is 0 Å². The highest BCUT2D eigenvalue weighted by Gasteiger charge is 2.27. The molecule has 0 spiro atoms. The number of esters is 1. The molecular weight excluding hydrogens is 234 g/mol. The van der Waals surface area contributed by atoms with Gasteiger partial charge in [-0.3, -0.25) is 14.3 Å². The van der Waals surface area contributed by atoms with Gasteiger partial charge < -0.3 is 4.74 Å². The Morgan fingerprint density at radius 3 is 2.19 bits per heavy atom. The Bertz CT molecular complexity index is 371. The molecule has 1 N–H and O–H groups in total. The molecule has 0 saturated heterocycles. The van der Waals surface area contributed by atoms with Crippen molar-refractivity contribution in [1.82, 2.24) is 4.72 Å². The summed E-state index contributed by atoms with van der Waals surface area (Å²) in [6.07, 6.45) is 1.42. The van der Waals surface area contributed by atoms with Crippen LogP contribution in [0.2, 0.25) is 0 Å². The van der Waals surface area contributed by atoms with Crippen LogP contribution in [0.15, 0.2) is 0 Å². The van der Waals surface area contributed by atoms with Crippen LogP contribution < -0.4 is 4.72 Å². The summed E-state index contributed by atoms with van der Waals surface area (Å²) in [7, 11) is -3.60. The smallest absolute Gasteiger partial charge is 0.312 e. The van der Waals surface area contributed by atoms with E-state index >= 15 is 0 Å². The maximum Gasteiger partial charge on any atom is 0.312 e. The van der Waals surface area contributed by atoms with Crippen molar-refractivity contribution in [3.8, 4) is 0 Å². The molecule has 0 aromatic heterocycles. The molecule has 0 aliphatic heterocycles. The Morgan fingerprint density at radius 2 is 1.81 bits per heavy atom. The Hall–Kier alpha value is -1.11. The van der Waals surface area contributed by atoms with Gasteiger partial charge in [0, 0.05) is 0 Å². The summed E-state index contributed by atoms with van der Waals surface area (Å²) in [5, 5.41) is 0. The van der Waals surface area contributed by atoms with Crippen LogP contribution in [-0.2, 0) is 24.3 Å². The molecule has 16 heavy (non-hydrogen) atoms. The van der Waals surface area contributed by atoms with E-state index in [1.54, 1.807) is 18.6 Å². The van der Waals surface area contributed by atoms with Gasteiger partial charge in [0.25, 0.3) is 5.91 Å². The van der Waals surface area contributed by atoms with Crippen molar-refractivity contribution in [1.29, 1.82) is 0 Å². The van der Waals surface area contributed by atoms with Crippen LogP contribution in [0.4, 0.5) is 0 Å². The second kappa shape index (κ2) is 5.29. The fraction of sp³-hybridized carbons (Fsp3) is 0.778. The third-order valence-electron chi connectivity index (χ3n) is 2.07. The minimum atomic E-state index is -3.60. The molecule has 0 heterocycles. The molecule has 0 atom stereocenters. The summed E-state index contributed by atoms with van der Waals surface area (Å²) in [5.74, 6) is -1.39. The van der Waals surface area contributed by atoms with Crippen LogP contribution in [0.5, 0.6) is 0 Å². The van der Waals surface area contributed by atoms with E-state index in [2.05, 4.69) is 4.74 Å². The fourth-order valence-electron chi connectivity index (χ4n) is 0.707. The number of hydrogen-bond donors (Lipinski definition) is 1. The molecule has 0 aromatic rings. The molecular formula is C9H17NO5S. The van der Waals surface area contributed by atoms with Crippen molar-refractivity contribution in [3.05, 3.63) is 0 Å². The predicted octanol–water partition coefficient (Wildman–Crippen LogP) is 0.0416. The Labute approximate surface area is 95.4 Å². The SMILES string of the molecule is CCC(C)(C)C(=O)OCC(=O)NS(C)(=O)=O. The number of carbonyl (C=O) groups excluding carboxylic acids is 2. The molecule has 94 valence electrons. The number of hydrogen-bond acceptors (Lipinski definition) is 5. The van der Waals surface area contributed by atoms with E-state index in [0.29, 0.717) is 6.42 Å². The van der Waals surface area contributed by atoms with Gasteiger partial charge in [0.1, 0.15) is 0 Å². The maximum absolute atomic E-state index is 11.4. The number of ether oxygens (including phenoxy) is 1. The minimum absolute atomic E-state index is 0.529. The lowest BCUT2D eigenvalue weighted by molar-refractivity contribution is -0.157. The summed E-state index contributed by atoms with van der Waals surface area (Å²) in [6.45, 7) is 4.60. The van der Waals surface area contributed by atoms with Gasteiger partial charge in [-0.25, -0.2) is 8.42 Å². The first-order chi connectivity index (χ1) is 7.08. The van der Waals surface area contributed by atoms with Crippen molar-refractivity contribution in [3.63, 3.8) is 0 Å². The quantitative estimate of drug-likeness (QED) is 0.697. The number of sulfonamides is 1. The summed E-state index contributed by atoms with van der Waals surface area (Å²) in [5.41, 5.74) is -0.675. The summed E-state index contributed by atoms with van der Waals surface area (Å²) >= 11 is 0. The molecule has 0 saturated carbocycles. The van der Waals surface area contributed by atoms with Gasteiger partial charge in [-0.05, 0) is 20.3 Å². The fourth-order valence-corrected chi connectivity index (χ4v) is 1.18. The number of nitrogens with one attached hydrogen (secondary N) is 1. The molecule has 0 unspecified atom stereocenters. The predicted molar refractivity (Wildman–Crippen MR) is 58.0 cm³/mol. The Balaban J connectivity index is 4.18. The highest BCUT2D eigenvalue weighted by molar-refractivity contribution is 7.89. The minimum Gasteiger partial charge on any atom is -0.455 e. The number of amides is 1. The molecule has 0 aliphatic carbocycles. The average molecular weight is 251 g/mol.